The third kappa shape index (κ3) is 2.92. The summed E-state index contributed by atoms with van der Waals surface area (Å²) in [5.74, 6) is -1.85. The van der Waals surface area contributed by atoms with Crippen LogP contribution >= 0.6 is 0 Å². The van der Waals surface area contributed by atoms with Crippen molar-refractivity contribution in [1.29, 1.82) is 0 Å². The summed E-state index contributed by atoms with van der Waals surface area (Å²) in [6.07, 6.45) is -4.15. The molecule has 1 fully saturated rings. The van der Waals surface area contributed by atoms with Gasteiger partial charge < -0.3 is 14.7 Å². The molecule has 0 spiro atoms. The molecule has 1 aliphatic rings. The molecule has 1 aromatic heterocycles. The van der Waals surface area contributed by atoms with Crippen LogP contribution in [0.15, 0.2) is 6.20 Å². The molecule has 0 bridgehead atoms. The van der Waals surface area contributed by atoms with E-state index in [2.05, 4.69) is 9.97 Å². The van der Waals surface area contributed by atoms with Gasteiger partial charge in [-0.2, -0.15) is 13.2 Å². The van der Waals surface area contributed by atoms with Crippen LogP contribution < -0.4 is 4.90 Å². The molecule has 0 saturated carbocycles. The summed E-state index contributed by atoms with van der Waals surface area (Å²) in [7, 11) is 0. The summed E-state index contributed by atoms with van der Waals surface area (Å²) < 4.78 is 43.3. The fourth-order valence-electron chi connectivity index (χ4n) is 1.66. The largest absolute Gasteiger partial charge is 0.478 e. The number of anilines is 1. The first kappa shape index (κ1) is 13.5. The fraction of sp³-hybridized carbons (Fsp3) is 0.500. The summed E-state index contributed by atoms with van der Waals surface area (Å²) in [6, 6.07) is 0. The molecule has 0 radical (unpaired) electrons. The molecule has 6 nitrogen and oxygen atoms in total. The number of aromatic nitrogens is 2. The summed E-state index contributed by atoms with van der Waals surface area (Å²) in [4.78, 5) is 19.3. The minimum atomic E-state index is -4.84. The van der Waals surface area contributed by atoms with Gasteiger partial charge in [0.25, 0.3) is 0 Å². The number of hydrogen-bond donors (Lipinski definition) is 1. The fourth-order valence-corrected chi connectivity index (χ4v) is 1.66. The Labute approximate surface area is 105 Å². The predicted molar refractivity (Wildman–Crippen MR) is 57.0 cm³/mol. The van der Waals surface area contributed by atoms with Gasteiger partial charge in [0.1, 0.15) is 5.56 Å². The molecule has 2 heterocycles. The van der Waals surface area contributed by atoms with E-state index in [0.29, 0.717) is 32.5 Å². The third-order valence-electron chi connectivity index (χ3n) is 2.57. The van der Waals surface area contributed by atoms with Gasteiger partial charge in [-0.05, 0) is 0 Å². The van der Waals surface area contributed by atoms with Crippen molar-refractivity contribution in [3.8, 4) is 0 Å². The van der Waals surface area contributed by atoms with Gasteiger partial charge in [0.2, 0.25) is 5.95 Å². The zero-order valence-electron chi connectivity index (χ0n) is 9.65. The van der Waals surface area contributed by atoms with Crippen LogP contribution in [0.3, 0.4) is 0 Å². The normalized spacial score (nSPS) is 16.5. The Morgan fingerprint density at radius 3 is 2.53 bits per heavy atom. The quantitative estimate of drug-likeness (QED) is 0.870. The number of nitrogens with zero attached hydrogens (tertiary/aromatic N) is 3. The molecule has 0 aromatic carbocycles. The Morgan fingerprint density at radius 1 is 1.37 bits per heavy atom. The number of ether oxygens (including phenoxy) is 1. The number of aromatic carboxylic acids is 1. The zero-order valence-corrected chi connectivity index (χ0v) is 9.65. The smallest absolute Gasteiger partial charge is 0.434 e. The van der Waals surface area contributed by atoms with Crippen LogP contribution in [0.25, 0.3) is 0 Å². The summed E-state index contributed by atoms with van der Waals surface area (Å²) in [6.45, 7) is 1.46. The second kappa shape index (κ2) is 5.00. The van der Waals surface area contributed by atoms with Crippen molar-refractivity contribution >= 4 is 11.9 Å². The van der Waals surface area contributed by atoms with Crippen LogP contribution in [0.5, 0.6) is 0 Å². The van der Waals surface area contributed by atoms with Crippen LogP contribution in [0, 0.1) is 0 Å². The van der Waals surface area contributed by atoms with Gasteiger partial charge in [-0.15, -0.1) is 0 Å². The average Bonchev–Trinajstić information content (AvgIpc) is 2.38. The van der Waals surface area contributed by atoms with Crippen molar-refractivity contribution in [3.05, 3.63) is 17.5 Å². The molecule has 1 saturated heterocycles. The number of hydrogen-bond acceptors (Lipinski definition) is 5. The lowest BCUT2D eigenvalue weighted by molar-refractivity contribution is -0.141. The molecular formula is C10H10F3N3O3. The summed E-state index contributed by atoms with van der Waals surface area (Å²) in [5, 5.41) is 8.72. The minimum Gasteiger partial charge on any atom is -0.478 e. The monoisotopic (exact) mass is 277 g/mol. The second-order valence-corrected chi connectivity index (χ2v) is 3.83. The van der Waals surface area contributed by atoms with E-state index in [1.54, 1.807) is 0 Å². The van der Waals surface area contributed by atoms with Crippen LogP contribution in [0.2, 0.25) is 0 Å². The summed E-state index contributed by atoms with van der Waals surface area (Å²) in [5.41, 5.74) is -2.39. The van der Waals surface area contributed by atoms with E-state index >= 15 is 0 Å². The topological polar surface area (TPSA) is 75.5 Å². The Kier molecular flexibility index (Phi) is 3.56. The highest BCUT2D eigenvalue weighted by molar-refractivity contribution is 5.88. The number of morpholine rings is 1. The van der Waals surface area contributed by atoms with Gasteiger partial charge in [-0.1, -0.05) is 0 Å². The van der Waals surface area contributed by atoms with E-state index in [-0.39, 0.29) is 5.95 Å². The number of carboxylic acid groups (broad SMARTS) is 1. The molecule has 0 atom stereocenters. The lowest BCUT2D eigenvalue weighted by Gasteiger charge is -2.27. The number of carboxylic acids is 1. The van der Waals surface area contributed by atoms with Crippen LogP contribution in [-0.2, 0) is 10.9 Å². The van der Waals surface area contributed by atoms with Crippen molar-refractivity contribution in [1.82, 2.24) is 9.97 Å². The number of halogens is 3. The third-order valence-corrected chi connectivity index (χ3v) is 2.57. The molecule has 0 amide bonds. The molecular weight excluding hydrogens is 267 g/mol. The maximum atomic E-state index is 12.8. The minimum absolute atomic E-state index is 0.138. The highest BCUT2D eigenvalue weighted by Crippen LogP contribution is 2.31. The Balaban J connectivity index is 2.40. The van der Waals surface area contributed by atoms with E-state index in [1.165, 1.54) is 4.90 Å². The summed E-state index contributed by atoms with van der Waals surface area (Å²) >= 11 is 0. The SMILES string of the molecule is O=C(O)c1cnc(N2CCOCC2)nc1C(F)(F)F. The first-order chi connectivity index (χ1) is 8.89. The number of carbonyl (C=O) groups is 1. The van der Waals surface area contributed by atoms with E-state index in [0.717, 1.165) is 0 Å². The van der Waals surface area contributed by atoms with Gasteiger partial charge >= 0.3 is 12.1 Å². The lowest BCUT2D eigenvalue weighted by Crippen LogP contribution is -2.37. The van der Waals surface area contributed by atoms with Crippen molar-refractivity contribution < 1.29 is 27.8 Å². The molecule has 2 rings (SSSR count). The van der Waals surface area contributed by atoms with Crippen molar-refractivity contribution in [3.63, 3.8) is 0 Å². The van der Waals surface area contributed by atoms with Crippen molar-refractivity contribution in [2.24, 2.45) is 0 Å². The van der Waals surface area contributed by atoms with E-state index < -0.39 is 23.4 Å². The van der Waals surface area contributed by atoms with Crippen LogP contribution in [0.1, 0.15) is 16.1 Å². The lowest BCUT2D eigenvalue weighted by atomic mass is 10.2. The predicted octanol–water partition coefficient (Wildman–Crippen LogP) is 1.03. The average molecular weight is 277 g/mol. The van der Waals surface area contributed by atoms with E-state index in [9.17, 15) is 18.0 Å². The van der Waals surface area contributed by atoms with Crippen molar-refractivity contribution in [2.45, 2.75) is 6.18 Å². The van der Waals surface area contributed by atoms with Gasteiger partial charge in [-0.25, -0.2) is 14.8 Å². The molecule has 0 unspecified atom stereocenters. The molecule has 0 aliphatic carbocycles. The first-order valence-corrected chi connectivity index (χ1v) is 5.40. The maximum absolute atomic E-state index is 12.8. The van der Waals surface area contributed by atoms with Gasteiger partial charge in [0, 0.05) is 19.3 Å². The van der Waals surface area contributed by atoms with Gasteiger partial charge in [-0.3, -0.25) is 0 Å². The number of alkyl halides is 3. The highest BCUT2D eigenvalue weighted by Gasteiger charge is 2.38. The Hall–Kier alpha value is -1.90. The van der Waals surface area contributed by atoms with E-state index in [1.807, 2.05) is 0 Å². The standard InChI is InChI=1S/C10H10F3N3O3/c11-10(12,13)7-6(8(17)18)5-14-9(15-7)16-1-3-19-4-2-16/h5H,1-4H2,(H,17,18). The molecule has 1 aromatic rings. The molecule has 9 heteroatoms. The van der Waals surface area contributed by atoms with Crippen LogP contribution in [-0.4, -0.2) is 47.3 Å². The Bertz CT molecular complexity index is 487. The Morgan fingerprint density at radius 2 is 2.00 bits per heavy atom. The second-order valence-electron chi connectivity index (χ2n) is 3.83. The van der Waals surface area contributed by atoms with Crippen LogP contribution in [0.4, 0.5) is 19.1 Å². The first-order valence-electron chi connectivity index (χ1n) is 5.40. The molecule has 1 N–H and O–H groups in total. The molecule has 104 valence electrons. The van der Waals surface area contributed by atoms with Gasteiger partial charge in [0.05, 0.1) is 13.2 Å². The molecule has 1 aliphatic heterocycles. The number of rotatable bonds is 2. The van der Waals surface area contributed by atoms with Crippen molar-refractivity contribution in [2.75, 3.05) is 31.2 Å². The van der Waals surface area contributed by atoms with Gasteiger partial charge in [0.15, 0.2) is 5.69 Å². The maximum Gasteiger partial charge on any atom is 0.434 e. The van der Waals surface area contributed by atoms with E-state index in [4.69, 9.17) is 9.84 Å². The zero-order chi connectivity index (χ0) is 14.0. The highest BCUT2D eigenvalue weighted by atomic mass is 19.4. The molecule has 19 heavy (non-hydrogen) atoms.